The number of rotatable bonds is 4. The predicted molar refractivity (Wildman–Crippen MR) is 68.7 cm³/mol. The fourth-order valence-corrected chi connectivity index (χ4v) is 5.47. The molecule has 0 radical (unpaired) electrons. The highest BCUT2D eigenvalue weighted by Gasteiger charge is 2.50. The summed E-state index contributed by atoms with van der Waals surface area (Å²) in [5, 5.41) is 3.20. The van der Waals surface area contributed by atoms with Gasteiger partial charge in [-0.25, -0.2) is 0 Å². The quantitative estimate of drug-likeness (QED) is 0.818. The second-order valence-corrected chi connectivity index (χ2v) is 7.06. The number of hydrogen-bond donors (Lipinski definition) is 1. The molecule has 4 fully saturated rings. The average Bonchev–Trinajstić information content (AvgIpc) is 2.30. The highest BCUT2D eigenvalue weighted by atomic mass is 19.4. The molecule has 4 bridgehead atoms. The Balaban J connectivity index is 1.66. The van der Waals surface area contributed by atoms with Crippen molar-refractivity contribution < 1.29 is 13.2 Å². The summed E-state index contributed by atoms with van der Waals surface area (Å²) in [5.74, 6) is 3.67. The lowest BCUT2D eigenvalue weighted by Gasteiger charge is -2.56. The van der Waals surface area contributed by atoms with Crippen LogP contribution in [0.5, 0.6) is 0 Å². The van der Waals surface area contributed by atoms with Crippen LogP contribution in [0.4, 0.5) is 13.2 Å². The molecule has 1 N–H and O–H groups in total. The van der Waals surface area contributed by atoms with E-state index in [1.807, 2.05) is 7.05 Å². The van der Waals surface area contributed by atoms with Crippen molar-refractivity contribution in [1.29, 1.82) is 0 Å². The third-order valence-corrected chi connectivity index (χ3v) is 5.87. The van der Waals surface area contributed by atoms with Gasteiger partial charge in [0.15, 0.2) is 0 Å². The molecule has 0 aromatic heterocycles. The lowest BCUT2D eigenvalue weighted by Crippen LogP contribution is -2.52. The largest absolute Gasteiger partial charge is 0.389 e. The number of alkyl halides is 3. The normalized spacial score (nSPS) is 42.6. The van der Waals surface area contributed by atoms with Crippen molar-refractivity contribution in [3.63, 3.8) is 0 Å². The van der Waals surface area contributed by atoms with Gasteiger partial charge in [-0.05, 0) is 75.2 Å². The van der Waals surface area contributed by atoms with Gasteiger partial charge in [-0.3, -0.25) is 0 Å². The van der Waals surface area contributed by atoms with Crippen molar-refractivity contribution in [3.8, 4) is 0 Å². The first-order valence-corrected chi connectivity index (χ1v) is 7.70. The Labute approximate surface area is 113 Å². The van der Waals surface area contributed by atoms with Crippen LogP contribution in [-0.4, -0.2) is 19.3 Å². The van der Waals surface area contributed by atoms with Crippen LogP contribution in [0.1, 0.15) is 44.9 Å². The van der Waals surface area contributed by atoms with E-state index in [1.54, 1.807) is 0 Å². The first-order valence-electron chi connectivity index (χ1n) is 7.70. The molecule has 0 aromatic rings. The van der Waals surface area contributed by atoms with E-state index in [1.165, 1.54) is 32.1 Å². The molecule has 1 atom stereocenters. The number of halogens is 3. The van der Waals surface area contributed by atoms with Crippen molar-refractivity contribution in [1.82, 2.24) is 5.32 Å². The topological polar surface area (TPSA) is 12.0 Å². The maximum atomic E-state index is 12.5. The zero-order chi connectivity index (χ0) is 13.6. The predicted octanol–water partition coefficient (Wildman–Crippen LogP) is 3.99. The Hall–Kier alpha value is -0.250. The number of nitrogens with one attached hydrogen (secondary N) is 1. The summed E-state index contributed by atoms with van der Waals surface area (Å²) in [6.45, 7) is 0. The minimum atomic E-state index is -4.01. The van der Waals surface area contributed by atoms with Crippen LogP contribution in [0.3, 0.4) is 0 Å². The van der Waals surface area contributed by atoms with E-state index in [2.05, 4.69) is 5.32 Å². The fourth-order valence-electron chi connectivity index (χ4n) is 5.47. The molecule has 4 rings (SSSR count). The first kappa shape index (κ1) is 13.7. The summed E-state index contributed by atoms with van der Waals surface area (Å²) < 4.78 is 37.4. The third-order valence-electron chi connectivity index (χ3n) is 5.87. The summed E-state index contributed by atoms with van der Waals surface area (Å²) >= 11 is 0. The summed E-state index contributed by atoms with van der Waals surface area (Å²) in [4.78, 5) is 0. The molecule has 0 amide bonds. The fraction of sp³-hybridized carbons (Fsp3) is 1.00. The van der Waals surface area contributed by atoms with E-state index in [9.17, 15) is 13.2 Å². The molecule has 4 aliphatic carbocycles. The van der Waals surface area contributed by atoms with Crippen molar-refractivity contribution in [2.24, 2.45) is 29.6 Å². The van der Waals surface area contributed by atoms with Crippen LogP contribution in [-0.2, 0) is 0 Å². The summed E-state index contributed by atoms with van der Waals surface area (Å²) in [6, 6.07) is 0.0663. The Bertz CT molecular complexity index is 298. The maximum Gasteiger partial charge on any atom is 0.389 e. The molecular formula is C15H24F3N. The molecule has 19 heavy (non-hydrogen) atoms. The molecule has 0 aliphatic heterocycles. The van der Waals surface area contributed by atoms with Gasteiger partial charge in [0, 0.05) is 12.5 Å². The second kappa shape index (κ2) is 4.94. The Morgan fingerprint density at radius 3 is 1.95 bits per heavy atom. The van der Waals surface area contributed by atoms with E-state index in [0.29, 0.717) is 17.8 Å². The van der Waals surface area contributed by atoms with E-state index in [0.717, 1.165) is 11.8 Å². The van der Waals surface area contributed by atoms with E-state index < -0.39 is 12.6 Å². The zero-order valence-electron chi connectivity index (χ0n) is 11.5. The standard InChI is InChI=1S/C15H24F3N/c1-19-13(2-3-15(16,17)18)14-11-5-9-4-10(7-11)8-12(14)6-9/h9-14,19H,2-8H2,1H3. The van der Waals surface area contributed by atoms with Crippen molar-refractivity contribution in [2.45, 2.75) is 57.2 Å². The molecule has 0 aromatic carbocycles. The second-order valence-electron chi connectivity index (χ2n) is 7.06. The van der Waals surface area contributed by atoms with Gasteiger partial charge in [0.25, 0.3) is 0 Å². The smallest absolute Gasteiger partial charge is 0.317 e. The minimum absolute atomic E-state index is 0.0663. The van der Waals surface area contributed by atoms with Crippen LogP contribution in [0.15, 0.2) is 0 Å². The van der Waals surface area contributed by atoms with Crippen LogP contribution in [0, 0.1) is 29.6 Å². The Morgan fingerprint density at radius 1 is 1.00 bits per heavy atom. The van der Waals surface area contributed by atoms with Gasteiger partial charge in [0.1, 0.15) is 0 Å². The first-order chi connectivity index (χ1) is 8.96. The molecule has 4 aliphatic rings. The van der Waals surface area contributed by atoms with Gasteiger partial charge >= 0.3 is 6.18 Å². The van der Waals surface area contributed by atoms with E-state index in [-0.39, 0.29) is 12.5 Å². The molecule has 0 saturated heterocycles. The SMILES string of the molecule is CNC(CCC(F)(F)F)C1C2CC3CC(C2)CC1C3. The van der Waals surface area contributed by atoms with Crippen LogP contribution in [0.25, 0.3) is 0 Å². The van der Waals surface area contributed by atoms with Gasteiger partial charge in [-0.2, -0.15) is 13.2 Å². The number of hydrogen-bond acceptors (Lipinski definition) is 1. The highest BCUT2D eigenvalue weighted by molar-refractivity contribution is 5.01. The average molecular weight is 275 g/mol. The van der Waals surface area contributed by atoms with Gasteiger partial charge < -0.3 is 5.32 Å². The lowest BCUT2D eigenvalue weighted by molar-refractivity contribution is -0.140. The van der Waals surface area contributed by atoms with Gasteiger partial charge in [0.2, 0.25) is 0 Å². The summed E-state index contributed by atoms with van der Waals surface area (Å²) in [5.41, 5.74) is 0. The monoisotopic (exact) mass is 275 g/mol. The van der Waals surface area contributed by atoms with Gasteiger partial charge in [-0.1, -0.05) is 0 Å². The van der Waals surface area contributed by atoms with Crippen LogP contribution in [0.2, 0.25) is 0 Å². The van der Waals surface area contributed by atoms with Crippen molar-refractivity contribution in [3.05, 3.63) is 0 Å². The highest BCUT2D eigenvalue weighted by Crippen LogP contribution is 2.57. The van der Waals surface area contributed by atoms with Gasteiger partial charge in [0.05, 0.1) is 0 Å². The van der Waals surface area contributed by atoms with Crippen molar-refractivity contribution in [2.75, 3.05) is 7.05 Å². The molecule has 0 spiro atoms. The summed E-state index contributed by atoms with van der Waals surface area (Å²) in [6.07, 6.45) is 2.12. The zero-order valence-corrected chi connectivity index (χ0v) is 11.5. The lowest BCUT2D eigenvalue weighted by atomic mass is 9.50. The Kier molecular flexibility index (Phi) is 3.57. The van der Waals surface area contributed by atoms with E-state index >= 15 is 0 Å². The molecule has 110 valence electrons. The van der Waals surface area contributed by atoms with Gasteiger partial charge in [-0.15, -0.1) is 0 Å². The van der Waals surface area contributed by atoms with E-state index in [4.69, 9.17) is 0 Å². The van der Waals surface area contributed by atoms with Crippen LogP contribution < -0.4 is 5.32 Å². The minimum Gasteiger partial charge on any atom is -0.317 e. The molecular weight excluding hydrogens is 251 g/mol. The molecule has 4 heteroatoms. The molecule has 4 saturated carbocycles. The molecule has 1 unspecified atom stereocenters. The Morgan fingerprint density at radius 2 is 1.53 bits per heavy atom. The molecule has 1 nitrogen and oxygen atoms in total. The molecule has 0 heterocycles. The van der Waals surface area contributed by atoms with Crippen LogP contribution >= 0.6 is 0 Å². The maximum absolute atomic E-state index is 12.5. The third kappa shape index (κ3) is 2.79. The summed E-state index contributed by atoms with van der Waals surface area (Å²) in [7, 11) is 1.84. The van der Waals surface area contributed by atoms with Crippen molar-refractivity contribution >= 4 is 0 Å².